The Hall–Kier alpha value is -4.46. The number of aryl methyl sites for hydroxylation is 2. The summed E-state index contributed by atoms with van der Waals surface area (Å²) in [6.07, 6.45) is 7.84. The minimum Gasteiger partial charge on any atom is -0.368 e. The lowest BCUT2D eigenvalue weighted by atomic mass is 10.2. The summed E-state index contributed by atoms with van der Waals surface area (Å²) in [6, 6.07) is 24.4. The summed E-state index contributed by atoms with van der Waals surface area (Å²) in [6.45, 7) is 3.87. The van der Waals surface area contributed by atoms with Crippen molar-refractivity contribution in [3.63, 3.8) is 0 Å². The number of rotatable bonds is 6. The highest BCUT2D eigenvalue weighted by Gasteiger charge is 2.17. The molecule has 180 valence electrons. The molecule has 0 bridgehead atoms. The Morgan fingerprint density at radius 1 is 0.500 bits per heavy atom. The van der Waals surface area contributed by atoms with Gasteiger partial charge in [-0.3, -0.25) is 0 Å². The Bertz CT molecular complexity index is 1340. The molecule has 0 radical (unpaired) electrons. The standard InChI is InChI=1S/C28H30N8/c1-33-16-13-25(14-17-33)31-29-23-5-9-27(10-6-23)35-18-20-36(21-19-35)28-11-7-24(8-12-28)30-32-26-4-3-15-34(2)22-26/h3-17,22H,18-21H2,1-2H3/q+2. The van der Waals surface area contributed by atoms with E-state index >= 15 is 0 Å². The Kier molecular flexibility index (Phi) is 7.02. The molecule has 8 nitrogen and oxygen atoms in total. The maximum Gasteiger partial charge on any atom is 0.196 e. The maximum absolute atomic E-state index is 4.37. The molecule has 8 heteroatoms. The fourth-order valence-corrected chi connectivity index (χ4v) is 4.11. The molecule has 0 saturated carbocycles. The van der Waals surface area contributed by atoms with Crippen LogP contribution in [0.15, 0.2) is 118 Å². The highest BCUT2D eigenvalue weighted by atomic mass is 15.3. The second-order valence-corrected chi connectivity index (χ2v) is 8.86. The van der Waals surface area contributed by atoms with E-state index in [4.69, 9.17) is 0 Å². The summed E-state index contributed by atoms with van der Waals surface area (Å²) >= 11 is 0. The van der Waals surface area contributed by atoms with E-state index in [1.807, 2.05) is 96.5 Å². The number of piperazine rings is 1. The first-order valence-corrected chi connectivity index (χ1v) is 12.1. The van der Waals surface area contributed by atoms with E-state index in [2.05, 4.69) is 54.5 Å². The zero-order valence-corrected chi connectivity index (χ0v) is 20.6. The van der Waals surface area contributed by atoms with E-state index < -0.39 is 0 Å². The Labute approximate surface area is 211 Å². The molecule has 1 aliphatic heterocycles. The first kappa shape index (κ1) is 23.3. The van der Waals surface area contributed by atoms with Crippen molar-refractivity contribution in [1.29, 1.82) is 0 Å². The monoisotopic (exact) mass is 478 g/mol. The highest BCUT2D eigenvalue weighted by Crippen LogP contribution is 2.26. The summed E-state index contributed by atoms with van der Waals surface area (Å²) in [5.41, 5.74) is 5.80. The maximum atomic E-state index is 4.37. The molecular formula is C28H30N8+2. The quantitative estimate of drug-likeness (QED) is 0.272. The zero-order chi connectivity index (χ0) is 24.7. The molecule has 1 fully saturated rings. The Balaban J connectivity index is 1.14. The molecule has 4 aromatic rings. The van der Waals surface area contributed by atoms with Gasteiger partial charge in [0, 0.05) is 55.8 Å². The van der Waals surface area contributed by atoms with E-state index in [-0.39, 0.29) is 0 Å². The number of nitrogens with zero attached hydrogens (tertiary/aromatic N) is 8. The number of azo groups is 2. The van der Waals surface area contributed by atoms with Gasteiger partial charge >= 0.3 is 0 Å². The second kappa shape index (κ2) is 10.9. The predicted octanol–water partition coefficient (Wildman–Crippen LogP) is 5.49. The van der Waals surface area contributed by atoms with Gasteiger partial charge in [0.1, 0.15) is 19.8 Å². The van der Waals surface area contributed by atoms with Crippen LogP contribution in [-0.4, -0.2) is 26.2 Å². The van der Waals surface area contributed by atoms with Crippen molar-refractivity contribution >= 4 is 34.1 Å². The van der Waals surface area contributed by atoms with Gasteiger partial charge in [0.25, 0.3) is 0 Å². The van der Waals surface area contributed by atoms with Gasteiger partial charge in [0.2, 0.25) is 0 Å². The fourth-order valence-electron chi connectivity index (χ4n) is 4.11. The molecule has 0 unspecified atom stereocenters. The first-order valence-electron chi connectivity index (χ1n) is 12.1. The summed E-state index contributed by atoms with van der Waals surface area (Å²) in [5.74, 6) is 0. The molecule has 1 saturated heterocycles. The van der Waals surface area contributed by atoms with Crippen molar-refractivity contribution in [2.45, 2.75) is 0 Å². The molecule has 0 aliphatic carbocycles. The van der Waals surface area contributed by atoms with Crippen LogP contribution in [0.1, 0.15) is 0 Å². The van der Waals surface area contributed by atoms with E-state index in [1.54, 1.807) is 0 Å². The lowest BCUT2D eigenvalue weighted by Crippen LogP contribution is -2.46. The molecule has 0 N–H and O–H groups in total. The Morgan fingerprint density at radius 2 is 0.944 bits per heavy atom. The third-order valence-corrected chi connectivity index (χ3v) is 6.16. The van der Waals surface area contributed by atoms with Crippen LogP contribution in [0.5, 0.6) is 0 Å². The van der Waals surface area contributed by atoms with Crippen molar-refractivity contribution in [2.75, 3.05) is 36.0 Å². The predicted molar refractivity (Wildman–Crippen MR) is 141 cm³/mol. The lowest BCUT2D eigenvalue weighted by Gasteiger charge is -2.37. The average Bonchev–Trinajstić information content (AvgIpc) is 2.92. The molecule has 2 aromatic carbocycles. The highest BCUT2D eigenvalue weighted by molar-refractivity contribution is 5.57. The van der Waals surface area contributed by atoms with Gasteiger partial charge in [0.05, 0.1) is 17.1 Å². The molecule has 5 rings (SSSR count). The minimum absolute atomic E-state index is 0.835. The molecular weight excluding hydrogens is 448 g/mol. The molecule has 0 amide bonds. The van der Waals surface area contributed by atoms with Gasteiger partial charge in [-0.1, -0.05) is 0 Å². The van der Waals surface area contributed by atoms with Crippen molar-refractivity contribution in [3.05, 3.63) is 97.6 Å². The van der Waals surface area contributed by atoms with Crippen molar-refractivity contribution in [3.8, 4) is 0 Å². The normalized spacial score (nSPS) is 14.2. The third kappa shape index (κ3) is 5.96. The fraction of sp³-hybridized carbons (Fsp3) is 0.214. The van der Waals surface area contributed by atoms with E-state index in [1.165, 1.54) is 11.4 Å². The molecule has 3 heterocycles. The van der Waals surface area contributed by atoms with Crippen LogP contribution in [0, 0.1) is 0 Å². The second-order valence-electron chi connectivity index (χ2n) is 8.86. The molecule has 36 heavy (non-hydrogen) atoms. The van der Waals surface area contributed by atoms with E-state index in [0.717, 1.165) is 48.9 Å². The number of hydrogen-bond donors (Lipinski definition) is 0. The van der Waals surface area contributed by atoms with Crippen molar-refractivity contribution in [1.82, 2.24) is 0 Å². The summed E-state index contributed by atoms with van der Waals surface area (Å²) < 4.78 is 3.94. The number of benzene rings is 2. The van der Waals surface area contributed by atoms with Gasteiger partial charge in [-0.15, -0.1) is 5.11 Å². The zero-order valence-electron chi connectivity index (χ0n) is 20.6. The van der Waals surface area contributed by atoms with Gasteiger partial charge in [-0.05, 0) is 54.6 Å². The van der Waals surface area contributed by atoms with Gasteiger partial charge < -0.3 is 9.80 Å². The van der Waals surface area contributed by atoms with Crippen LogP contribution in [0.2, 0.25) is 0 Å². The van der Waals surface area contributed by atoms with Crippen LogP contribution in [0.3, 0.4) is 0 Å². The molecule has 0 atom stereocenters. The number of hydrogen-bond acceptors (Lipinski definition) is 6. The number of aromatic nitrogens is 2. The van der Waals surface area contributed by atoms with Crippen LogP contribution >= 0.6 is 0 Å². The van der Waals surface area contributed by atoms with Crippen molar-refractivity contribution in [2.24, 2.45) is 34.6 Å². The third-order valence-electron chi connectivity index (χ3n) is 6.16. The summed E-state index contributed by atoms with van der Waals surface area (Å²) in [5, 5.41) is 17.4. The largest absolute Gasteiger partial charge is 0.368 e. The topological polar surface area (TPSA) is 63.7 Å². The number of anilines is 2. The van der Waals surface area contributed by atoms with Crippen molar-refractivity contribution < 1.29 is 9.13 Å². The molecule has 0 spiro atoms. The van der Waals surface area contributed by atoms with Crippen LogP contribution in [0.25, 0.3) is 0 Å². The van der Waals surface area contributed by atoms with E-state index in [9.17, 15) is 0 Å². The summed E-state index contributed by atoms with van der Waals surface area (Å²) in [7, 11) is 3.96. The van der Waals surface area contributed by atoms with Gasteiger partial charge in [0.15, 0.2) is 24.8 Å². The minimum atomic E-state index is 0.835. The van der Waals surface area contributed by atoms with Crippen LogP contribution in [0.4, 0.5) is 34.1 Å². The first-order chi connectivity index (χ1) is 17.6. The van der Waals surface area contributed by atoms with Gasteiger partial charge in [-0.2, -0.15) is 15.3 Å². The molecule has 2 aromatic heterocycles. The molecule has 1 aliphatic rings. The van der Waals surface area contributed by atoms with Crippen LogP contribution in [-0.2, 0) is 14.1 Å². The van der Waals surface area contributed by atoms with E-state index in [0.29, 0.717) is 0 Å². The number of pyridine rings is 2. The lowest BCUT2D eigenvalue weighted by molar-refractivity contribution is -0.671. The smallest absolute Gasteiger partial charge is 0.196 e. The summed E-state index contributed by atoms with van der Waals surface area (Å²) in [4.78, 5) is 4.83. The van der Waals surface area contributed by atoms with Crippen LogP contribution < -0.4 is 18.9 Å². The Morgan fingerprint density at radius 3 is 1.42 bits per heavy atom. The van der Waals surface area contributed by atoms with Gasteiger partial charge in [-0.25, -0.2) is 9.13 Å². The SMILES string of the molecule is C[n+]1ccc(N=Nc2ccc(N3CCN(c4ccc(N=Nc5ccc[n+](C)c5)cc4)CC3)cc2)cc1. The average molecular weight is 479 g/mol.